The van der Waals surface area contributed by atoms with Crippen LogP contribution in [0, 0.1) is 11.7 Å². The zero-order valence-electron chi connectivity index (χ0n) is 16.2. The monoisotopic (exact) mass is 367 g/mol. The van der Waals surface area contributed by atoms with Gasteiger partial charge in [0.1, 0.15) is 5.75 Å². The van der Waals surface area contributed by atoms with Gasteiger partial charge >= 0.3 is 7.69 Å². The molecule has 0 bridgehead atoms. The predicted molar refractivity (Wildman–Crippen MR) is 109 cm³/mol. The molecular formula is C23H29BFO2. The van der Waals surface area contributed by atoms with E-state index in [-0.39, 0.29) is 5.75 Å². The smallest absolute Gasteiger partial charge is 0.535 e. The summed E-state index contributed by atoms with van der Waals surface area (Å²) in [6, 6.07) is 13.3. The van der Waals surface area contributed by atoms with Crippen LogP contribution in [0.25, 0.3) is 11.1 Å². The lowest BCUT2D eigenvalue weighted by molar-refractivity contribution is 0.303. The van der Waals surface area contributed by atoms with Crippen molar-refractivity contribution in [2.75, 3.05) is 0 Å². The highest BCUT2D eigenvalue weighted by Crippen LogP contribution is 2.38. The minimum atomic E-state index is -0.483. The van der Waals surface area contributed by atoms with E-state index < -0.39 is 5.82 Å². The normalized spacial score (nSPS) is 19.7. The summed E-state index contributed by atoms with van der Waals surface area (Å²) in [5, 5.41) is 8.64. The van der Waals surface area contributed by atoms with Crippen molar-refractivity contribution in [2.24, 2.45) is 5.92 Å². The number of rotatable bonds is 8. The summed E-state index contributed by atoms with van der Waals surface area (Å²) in [5.74, 6) is 1.12. The molecule has 0 saturated heterocycles. The van der Waals surface area contributed by atoms with Gasteiger partial charge < -0.3 is 9.68 Å². The second-order valence-corrected chi connectivity index (χ2v) is 7.70. The van der Waals surface area contributed by atoms with E-state index in [0.717, 1.165) is 17.0 Å². The maximum Gasteiger partial charge on any atom is 0.569 e. The van der Waals surface area contributed by atoms with E-state index >= 15 is 0 Å². The van der Waals surface area contributed by atoms with Gasteiger partial charge in [-0.2, -0.15) is 0 Å². The summed E-state index contributed by atoms with van der Waals surface area (Å²) >= 11 is 0. The number of halogens is 1. The number of benzene rings is 2. The van der Waals surface area contributed by atoms with Gasteiger partial charge in [0.15, 0.2) is 5.82 Å². The Morgan fingerprint density at radius 2 is 1.70 bits per heavy atom. The van der Waals surface area contributed by atoms with Crippen molar-refractivity contribution in [3.05, 3.63) is 53.8 Å². The van der Waals surface area contributed by atoms with Crippen molar-refractivity contribution < 1.29 is 14.1 Å². The SMILES string of the molecule is CCCCCC1CCC(c2ccc(-c3ccc(O[B]O)c(F)c3)cc2)CC1. The number of hydrogen-bond acceptors (Lipinski definition) is 2. The zero-order chi connectivity index (χ0) is 19.1. The molecule has 1 aliphatic carbocycles. The molecule has 2 aromatic rings. The van der Waals surface area contributed by atoms with Crippen molar-refractivity contribution in [3.63, 3.8) is 0 Å². The fourth-order valence-corrected chi connectivity index (χ4v) is 4.25. The Bertz CT molecular complexity index is 709. The van der Waals surface area contributed by atoms with Crippen LogP contribution in [0.15, 0.2) is 42.5 Å². The van der Waals surface area contributed by atoms with Gasteiger partial charge in [-0.25, -0.2) is 4.39 Å². The van der Waals surface area contributed by atoms with Crippen LogP contribution in [0.1, 0.15) is 69.8 Å². The molecule has 4 heteroatoms. The maximum atomic E-state index is 14.0. The van der Waals surface area contributed by atoms with Crippen molar-refractivity contribution in [1.82, 2.24) is 0 Å². The predicted octanol–water partition coefficient (Wildman–Crippen LogP) is 6.25. The van der Waals surface area contributed by atoms with E-state index in [4.69, 9.17) is 9.68 Å². The third kappa shape index (κ3) is 5.35. The maximum absolute atomic E-state index is 14.0. The van der Waals surface area contributed by atoms with Crippen LogP contribution in [-0.2, 0) is 0 Å². The van der Waals surface area contributed by atoms with E-state index in [0.29, 0.717) is 13.6 Å². The highest BCUT2D eigenvalue weighted by molar-refractivity contribution is 6.17. The van der Waals surface area contributed by atoms with Crippen LogP contribution >= 0.6 is 0 Å². The fourth-order valence-electron chi connectivity index (χ4n) is 4.25. The van der Waals surface area contributed by atoms with Gasteiger partial charge in [0, 0.05) is 0 Å². The molecule has 1 saturated carbocycles. The zero-order valence-corrected chi connectivity index (χ0v) is 16.2. The van der Waals surface area contributed by atoms with Gasteiger partial charge in [-0.3, -0.25) is 0 Å². The fraction of sp³-hybridized carbons (Fsp3) is 0.478. The second-order valence-electron chi connectivity index (χ2n) is 7.70. The molecule has 1 aliphatic rings. The molecule has 1 N–H and O–H groups in total. The van der Waals surface area contributed by atoms with E-state index in [9.17, 15) is 4.39 Å². The summed E-state index contributed by atoms with van der Waals surface area (Å²) < 4.78 is 18.7. The summed E-state index contributed by atoms with van der Waals surface area (Å²) in [4.78, 5) is 0. The summed E-state index contributed by atoms with van der Waals surface area (Å²) in [6.45, 7) is 2.27. The molecule has 1 fully saturated rings. The van der Waals surface area contributed by atoms with Crippen LogP contribution in [0.3, 0.4) is 0 Å². The first-order valence-corrected chi connectivity index (χ1v) is 10.2. The first kappa shape index (κ1) is 19.9. The summed E-state index contributed by atoms with van der Waals surface area (Å²) in [6.07, 6.45) is 10.7. The van der Waals surface area contributed by atoms with Crippen LogP contribution in [0.5, 0.6) is 5.75 Å². The molecule has 0 aliphatic heterocycles. The molecule has 2 nitrogen and oxygen atoms in total. The Morgan fingerprint density at radius 1 is 1.00 bits per heavy atom. The minimum Gasteiger partial charge on any atom is -0.535 e. The van der Waals surface area contributed by atoms with Crippen LogP contribution < -0.4 is 4.65 Å². The second kappa shape index (κ2) is 9.94. The molecule has 1 radical (unpaired) electrons. The first-order chi connectivity index (χ1) is 13.2. The highest BCUT2D eigenvalue weighted by Gasteiger charge is 2.22. The first-order valence-electron chi connectivity index (χ1n) is 10.2. The van der Waals surface area contributed by atoms with Gasteiger partial charge in [0.2, 0.25) is 0 Å². The highest BCUT2D eigenvalue weighted by atomic mass is 19.1. The van der Waals surface area contributed by atoms with E-state index in [1.54, 1.807) is 6.07 Å². The average Bonchev–Trinajstić information content (AvgIpc) is 2.71. The summed E-state index contributed by atoms with van der Waals surface area (Å²) in [7, 11) is 0.491. The lowest BCUT2D eigenvalue weighted by atomic mass is 9.77. The summed E-state index contributed by atoms with van der Waals surface area (Å²) in [5.41, 5.74) is 3.20. The number of unbranched alkanes of at least 4 members (excludes halogenated alkanes) is 2. The van der Waals surface area contributed by atoms with E-state index in [2.05, 4.69) is 31.2 Å². The lowest BCUT2D eigenvalue weighted by Crippen LogP contribution is -2.13. The molecule has 0 heterocycles. The standard InChI is InChI=1S/C23H29BFO2/c1-2-3-4-5-17-6-8-18(9-7-17)19-10-12-20(13-11-19)21-14-15-23(27-24-26)22(25)16-21/h10-18,26H,2-9H2,1H3. The number of hydrogen-bond donors (Lipinski definition) is 1. The largest absolute Gasteiger partial charge is 0.569 e. The molecular weight excluding hydrogens is 338 g/mol. The topological polar surface area (TPSA) is 29.5 Å². The Kier molecular flexibility index (Phi) is 7.34. The van der Waals surface area contributed by atoms with Gasteiger partial charge in [0.25, 0.3) is 0 Å². The van der Waals surface area contributed by atoms with Crippen molar-refractivity contribution in [1.29, 1.82) is 0 Å². The third-order valence-corrected chi connectivity index (χ3v) is 5.89. The quantitative estimate of drug-likeness (QED) is 0.441. The average molecular weight is 367 g/mol. The lowest BCUT2D eigenvalue weighted by Gasteiger charge is -2.29. The Balaban J connectivity index is 1.59. The molecule has 3 rings (SSSR count). The molecule has 143 valence electrons. The Morgan fingerprint density at radius 3 is 2.33 bits per heavy atom. The van der Waals surface area contributed by atoms with Crippen molar-refractivity contribution in [3.8, 4) is 16.9 Å². The van der Waals surface area contributed by atoms with Gasteiger partial charge in [-0.05, 0) is 66.3 Å². The van der Waals surface area contributed by atoms with Gasteiger partial charge in [0.05, 0.1) is 0 Å². The van der Waals surface area contributed by atoms with Crippen molar-refractivity contribution >= 4 is 7.69 Å². The van der Waals surface area contributed by atoms with Crippen LogP contribution in [0.4, 0.5) is 4.39 Å². The van der Waals surface area contributed by atoms with Gasteiger partial charge in [-0.15, -0.1) is 0 Å². The molecule has 2 aromatic carbocycles. The van der Waals surface area contributed by atoms with E-state index in [1.165, 1.54) is 69.1 Å². The molecule has 0 unspecified atom stereocenters. The Hall–Kier alpha value is -1.81. The molecule has 0 amide bonds. The molecule has 0 atom stereocenters. The minimum absolute atomic E-state index is 0.0218. The van der Waals surface area contributed by atoms with Gasteiger partial charge in [-0.1, -0.05) is 62.9 Å². The molecule has 0 spiro atoms. The van der Waals surface area contributed by atoms with E-state index in [1.807, 2.05) is 0 Å². The van der Waals surface area contributed by atoms with Crippen LogP contribution in [0.2, 0.25) is 0 Å². The van der Waals surface area contributed by atoms with Crippen LogP contribution in [-0.4, -0.2) is 12.7 Å². The van der Waals surface area contributed by atoms with Crippen molar-refractivity contribution in [2.45, 2.75) is 64.2 Å². The Labute approximate surface area is 163 Å². The molecule has 0 aromatic heterocycles. The third-order valence-electron chi connectivity index (χ3n) is 5.89. The molecule has 27 heavy (non-hydrogen) atoms.